The average Bonchev–Trinajstić information content (AvgIpc) is 3.50. The van der Waals surface area contributed by atoms with Gasteiger partial charge in [0.25, 0.3) is 0 Å². The molecule has 0 bridgehead atoms. The molecule has 0 aliphatic carbocycles. The minimum absolute atomic E-state index is 0.00802. The van der Waals surface area contributed by atoms with E-state index in [0.29, 0.717) is 17.0 Å². The number of halogens is 1. The van der Waals surface area contributed by atoms with Gasteiger partial charge in [-0.25, -0.2) is 14.4 Å². The van der Waals surface area contributed by atoms with E-state index in [-0.39, 0.29) is 29.5 Å². The number of benzene rings is 2. The van der Waals surface area contributed by atoms with Gasteiger partial charge in [-0.1, -0.05) is 23.5 Å². The maximum Gasteiger partial charge on any atom is 0.230 e. The van der Waals surface area contributed by atoms with Gasteiger partial charge in [-0.3, -0.25) is 14.7 Å². The fourth-order valence-electron chi connectivity index (χ4n) is 3.34. The first-order valence-electron chi connectivity index (χ1n) is 10.1. The first-order valence-corrected chi connectivity index (χ1v) is 11.0. The number of thiazole rings is 1. The highest BCUT2D eigenvalue weighted by Gasteiger charge is 2.13. The van der Waals surface area contributed by atoms with E-state index in [1.165, 1.54) is 35.7 Å². The lowest BCUT2D eigenvalue weighted by molar-refractivity contribution is -0.115. The van der Waals surface area contributed by atoms with Crippen LogP contribution in [0.1, 0.15) is 15.9 Å². The molecule has 5 aromatic rings. The van der Waals surface area contributed by atoms with Crippen molar-refractivity contribution in [2.45, 2.75) is 6.42 Å². The maximum atomic E-state index is 14.6. The molecule has 8 nitrogen and oxygen atoms in total. The number of amides is 1. The van der Waals surface area contributed by atoms with Gasteiger partial charge in [0, 0.05) is 18.0 Å². The molecule has 2 aromatic carbocycles. The summed E-state index contributed by atoms with van der Waals surface area (Å²) in [7, 11) is 0. The topological polar surface area (TPSA) is 110 Å². The molecule has 10 heteroatoms. The number of aldehydes is 1. The van der Waals surface area contributed by atoms with E-state index in [1.54, 1.807) is 24.5 Å². The molecule has 0 saturated carbocycles. The number of hydrogen-bond donors (Lipinski definition) is 2. The first kappa shape index (κ1) is 21.4. The number of aromatic amines is 1. The maximum absolute atomic E-state index is 14.6. The normalized spacial score (nSPS) is 10.9. The number of hydrogen-bond acceptors (Lipinski definition) is 7. The number of aromatic nitrogens is 4. The predicted octanol–water partition coefficient (Wildman–Crippen LogP) is 5.01. The zero-order chi connectivity index (χ0) is 23.5. The highest BCUT2D eigenvalue weighted by molar-refractivity contribution is 7.22. The zero-order valence-electron chi connectivity index (χ0n) is 17.5. The molecule has 0 atom stereocenters. The highest BCUT2D eigenvalue weighted by Crippen LogP contribution is 2.30. The molecule has 2 N–H and O–H groups in total. The number of nitrogens with one attached hydrogen (secondary N) is 2. The van der Waals surface area contributed by atoms with Gasteiger partial charge in [0.05, 0.1) is 28.4 Å². The van der Waals surface area contributed by atoms with Gasteiger partial charge in [-0.15, -0.1) is 0 Å². The number of H-pyrrole nitrogens is 1. The molecule has 0 fully saturated rings. The molecular formula is C24H16FN5O3S. The van der Waals surface area contributed by atoms with Gasteiger partial charge in [0.1, 0.15) is 0 Å². The summed E-state index contributed by atoms with van der Waals surface area (Å²) in [5, 5.41) is 9.96. The van der Waals surface area contributed by atoms with Crippen LogP contribution in [-0.2, 0) is 11.2 Å². The average molecular weight is 473 g/mol. The molecule has 3 aromatic heterocycles. The molecule has 0 aliphatic heterocycles. The van der Waals surface area contributed by atoms with Gasteiger partial charge in [-0.2, -0.15) is 5.10 Å². The van der Waals surface area contributed by atoms with E-state index in [1.807, 2.05) is 18.2 Å². The second-order valence-electron chi connectivity index (χ2n) is 7.30. The molecule has 168 valence electrons. The van der Waals surface area contributed by atoms with Crippen LogP contribution in [0.2, 0.25) is 0 Å². The van der Waals surface area contributed by atoms with Crippen LogP contribution < -0.4 is 10.1 Å². The van der Waals surface area contributed by atoms with E-state index < -0.39 is 5.82 Å². The van der Waals surface area contributed by atoms with Gasteiger partial charge in [0.2, 0.25) is 11.8 Å². The molecule has 0 aliphatic rings. The van der Waals surface area contributed by atoms with Gasteiger partial charge >= 0.3 is 0 Å². The largest absolute Gasteiger partial charge is 0.435 e. The Kier molecular flexibility index (Phi) is 5.79. The van der Waals surface area contributed by atoms with E-state index in [9.17, 15) is 14.0 Å². The number of fused-ring (bicyclic) bond motifs is 1. The van der Waals surface area contributed by atoms with Crippen molar-refractivity contribution in [2.24, 2.45) is 0 Å². The van der Waals surface area contributed by atoms with Crippen LogP contribution in [0.3, 0.4) is 0 Å². The number of nitrogens with zero attached hydrogens (tertiary/aromatic N) is 3. The third-order valence-corrected chi connectivity index (χ3v) is 5.91. The Labute approximate surface area is 196 Å². The molecule has 3 heterocycles. The van der Waals surface area contributed by atoms with Crippen LogP contribution in [0.25, 0.3) is 21.3 Å². The van der Waals surface area contributed by atoms with Crippen molar-refractivity contribution in [1.29, 1.82) is 0 Å². The second kappa shape index (κ2) is 9.20. The Morgan fingerprint density at radius 2 is 2.09 bits per heavy atom. The van der Waals surface area contributed by atoms with Gasteiger partial charge in [-0.05, 0) is 47.5 Å². The SMILES string of the molecule is O=Cc1cccnc1Oc1ccc(CC(=O)Nc2nc3cc(-c4cn[nH]c4)ccc3s2)cc1F. The van der Waals surface area contributed by atoms with Crippen molar-refractivity contribution in [2.75, 3.05) is 5.32 Å². The highest BCUT2D eigenvalue weighted by atomic mass is 32.1. The molecular weight excluding hydrogens is 457 g/mol. The van der Waals surface area contributed by atoms with Crippen molar-refractivity contribution in [3.63, 3.8) is 0 Å². The minimum Gasteiger partial charge on any atom is -0.435 e. The number of ether oxygens (including phenoxy) is 1. The molecule has 0 spiro atoms. The van der Waals surface area contributed by atoms with Crippen molar-refractivity contribution in [1.82, 2.24) is 20.2 Å². The Hall–Kier alpha value is -4.44. The van der Waals surface area contributed by atoms with Crippen molar-refractivity contribution >= 4 is 38.9 Å². The Morgan fingerprint density at radius 3 is 2.88 bits per heavy atom. The summed E-state index contributed by atoms with van der Waals surface area (Å²) in [6, 6.07) is 13.1. The van der Waals surface area contributed by atoms with Gasteiger partial charge in [0.15, 0.2) is 23.0 Å². The first-order chi connectivity index (χ1) is 16.6. The third kappa shape index (κ3) is 4.52. The molecule has 0 radical (unpaired) electrons. The minimum atomic E-state index is -0.667. The van der Waals surface area contributed by atoms with E-state index in [4.69, 9.17) is 4.74 Å². The molecule has 5 rings (SSSR count). The number of rotatable bonds is 7. The molecule has 1 amide bonds. The molecule has 0 unspecified atom stereocenters. The summed E-state index contributed by atoms with van der Waals surface area (Å²) in [5.41, 5.74) is 3.34. The fourth-order valence-corrected chi connectivity index (χ4v) is 4.20. The smallest absolute Gasteiger partial charge is 0.230 e. The van der Waals surface area contributed by atoms with Crippen LogP contribution in [-0.4, -0.2) is 32.4 Å². The van der Waals surface area contributed by atoms with E-state index in [2.05, 4.69) is 25.5 Å². The van der Waals surface area contributed by atoms with E-state index >= 15 is 0 Å². The Balaban J connectivity index is 1.26. The molecule has 0 saturated heterocycles. The van der Waals surface area contributed by atoms with Crippen LogP contribution in [0.4, 0.5) is 9.52 Å². The van der Waals surface area contributed by atoms with Crippen molar-refractivity contribution in [3.05, 3.63) is 84.1 Å². The summed E-state index contributed by atoms with van der Waals surface area (Å²) in [6.45, 7) is 0. The van der Waals surface area contributed by atoms with Crippen LogP contribution in [0.5, 0.6) is 11.6 Å². The van der Waals surface area contributed by atoms with Crippen LogP contribution >= 0.6 is 11.3 Å². The van der Waals surface area contributed by atoms with E-state index in [0.717, 1.165) is 21.3 Å². The predicted molar refractivity (Wildman–Crippen MR) is 126 cm³/mol. The van der Waals surface area contributed by atoms with Crippen molar-refractivity contribution in [3.8, 4) is 22.8 Å². The number of anilines is 1. The Bertz CT molecular complexity index is 1500. The zero-order valence-corrected chi connectivity index (χ0v) is 18.3. The van der Waals surface area contributed by atoms with Gasteiger partial charge < -0.3 is 10.1 Å². The standard InChI is InChI=1S/C24H16FN5O3S/c25-18-8-14(3-5-20(18)33-23-16(13-31)2-1-7-26-23)9-22(32)30-24-29-19-10-15(4-6-21(19)34-24)17-11-27-28-12-17/h1-8,10-13H,9H2,(H,27,28)(H,29,30,32). The van der Waals surface area contributed by atoms with Crippen LogP contribution in [0, 0.1) is 5.82 Å². The lowest BCUT2D eigenvalue weighted by Crippen LogP contribution is -2.14. The quantitative estimate of drug-likeness (QED) is 0.322. The lowest BCUT2D eigenvalue weighted by Gasteiger charge is -2.09. The van der Waals surface area contributed by atoms with Crippen LogP contribution in [0.15, 0.2) is 67.1 Å². The summed E-state index contributed by atoms with van der Waals surface area (Å²) < 4.78 is 20.9. The fraction of sp³-hybridized carbons (Fsp3) is 0.0417. The summed E-state index contributed by atoms with van der Waals surface area (Å²) in [4.78, 5) is 32.0. The molecule has 34 heavy (non-hydrogen) atoms. The number of pyridine rings is 1. The summed E-state index contributed by atoms with van der Waals surface area (Å²) in [5.74, 6) is -1.08. The summed E-state index contributed by atoms with van der Waals surface area (Å²) in [6.07, 6.45) is 5.50. The number of carbonyl (C=O) groups is 2. The second-order valence-corrected chi connectivity index (χ2v) is 8.33. The van der Waals surface area contributed by atoms with Crippen molar-refractivity contribution < 1.29 is 18.7 Å². The number of carbonyl (C=O) groups excluding carboxylic acids is 2. The Morgan fingerprint density at radius 1 is 1.18 bits per heavy atom. The third-order valence-electron chi connectivity index (χ3n) is 4.96. The monoisotopic (exact) mass is 473 g/mol. The lowest BCUT2D eigenvalue weighted by atomic mass is 10.1. The summed E-state index contributed by atoms with van der Waals surface area (Å²) >= 11 is 1.36.